The average molecular weight is 348 g/mol. The molecule has 3 aromatic carbocycles. The molecule has 3 rings (SSSR count). The molecule has 0 aliphatic heterocycles. The van der Waals surface area contributed by atoms with Gasteiger partial charge in [-0.3, -0.25) is 4.79 Å². The summed E-state index contributed by atoms with van der Waals surface area (Å²) in [6.45, 7) is 2.43. The molecule has 1 N–H and O–H groups in total. The van der Waals surface area contributed by atoms with Gasteiger partial charge in [-0.2, -0.15) is 5.10 Å². The second kappa shape index (κ2) is 8.67. The third-order valence-electron chi connectivity index (χ3n) is 3.66. The van der Waals surface area contributed by atoms with Gasteiger partial charge in [0.2, 0.25) is 0 Å². The molecule has 0 unspecified atom stereocenters. The average Bonchev–Trinajstić information content (AvgIpc) is 2.67. The number of carbonyl (C=O) groups excluding carboxylic acids is 1. The number of fused-ring (bicyclic) bond motifs is 1. The van der Waals surface area contributed by atoms with Crippen molar-refractivity contribution in [3.8, 4) is 11.5 Å². The van der Waals surface area contributed by atoms with Crippen LogP contribution in [0.3, 0.4) is 0 Å². The third kappa shape index (κ3) is 4.83. The Morgan fingerprint density at radius 1 is 0.962 bits per heavy atom. The first-order valence-electron chi connectivity index (χ1n) is 8.41. The summed E-state index contributed by atoms with van der Waals surface area (Å²) in [5, 5.41) is 6.14. The van der Waals surface area contributed by atoms with Gasteiger partial charge in [0.05, 0.1) is 12.8 Å². The summed E-state index contributed by atoms with van der Waals surface area (Å²) >= 11 is 0. The summed E-state index contributed by atoms with van der Waals surface area (Å²) in [7, 11) is 0. The van der Waals surface area contributed by atoms with Gasteiger partial charge in [0, 0.05) is 0 Å². The van der Waals surface area contributed by atoms with Gasteiger partial charge in [0.25, 0.3) is 5.91 Å². The van der Waals surface area contributed by atoms with E-state index in [4.69, 9.17) is 9.47 Å². The Labute approximate surface area is 152 Å². The topological polar surface area (TPSA) is 59.9 Å². The molecule has 0 spiro atoms. The van der Waals surface area contributed by atoms with Crippen molar-refractivity contribution in [2.75, 3.05) is 13.2 Å². The quantitative estimate of drug-likeness (QED) is 0.522. The van der Waals surface area contributed by atoms with Crippen LogP contribution in [0.1, 0.15) is 12.5 Å². The molecule has 132 valence electrons. The number of amides is 1. The standard InChI is InChI=1S/C21H20N2O3/c1-2-25-19-9-5-6-16(12-19)14-22-23-21(24)15-26-20-11-10-17-7-3-4-8-18(17)13-20/h3-14H,2,15H2,1H3,(H,23,24). The van der Waals surface area contributed by atoms with Crippen molar-refractivity contribution in [3.63, 3.8) is 0 Å². The minimum Gasteiger partial charge on any atom is -0.494 e. The molecule has 0 aliphatic carbocycles. The molecule has 26 heavy (non-hydrogen) atoms. The number of carbonyl (C=O) groups is 1. The summed E-state index contributed by atoms with van der Waals surface area (Å²) in [5.74, 6) is 1.09. The Kier molecular flexibility index (Phi) is 5.83. The van der Waals surface area contributed by atoms with Crippen LogP contribution in [0.15, 0.2) is 71.8 Å². The minimum atomic E-state index is -0.324. The molecule has 0 saturated heterocycles. The molecular formula is C21H20N2O3. The Bertz CT molecular complexity index is 922. The molecule has 0 aliphatic rings. The minimum absolute atomic E-state index is 0.103. The molecule has 0 bridgehead atoms. The lowest BCUT2D eigenvalue weighted by atomic mass is 10.1. The van der Waals surface area contributed by atoms with E-state index in [1.54, 1.807) is 6.21 Å². The fourth-order valence-electron chi connectivity index (χ4n) is 2.47. The van der Waals surface area contributed by atoms with E-state index in [2.05, 4.69) is 10.5 Å². The predicted octanol–water partition coefficient (Wildman–Crippen LogP) is 3.77. The van der Waals surface area contributed by atoms with Crippen molar-refractivity contribution in [2.24, 2.45) is 5.10 Å². The molecule has 3 aromatic rings. The van der Waals surface area contributed by atoms with E-state index in [9.17, 15) is 4.79 Å². The van der Waals surface area contributed by atoms with Crippen molar-refractivity contribution >= 4 is 22.9 Å². The highest BCUT2D eigenvalue weighted by Gasteiger charge is 2.02. The maximum Gasteiger partial charge on any atom is 0.277 e. The first-order valence-corrected chi connectivity index (χ1v) is 8.41. The van der Waals surface area contributed by atoms with Crippen LogP contribution < -0.4 is 14.9 Å². The number of nitrogens with one attached hydrogen (secondary N) is 1. The first kappa shape index (κ1) is 17.5. The molecule has 0 fully saturated rings. The zero-order chi connectivity index (χ0) is 18.2. The number of nitrogens with zero attached hydrogens (tertiary/aromatic N) is 1. The lowest BCUT2D eigenvalue weighted by Crippen LogP contribution is -2.24. The van der Waals surface area contributed by atoms with Crippen molar-refractivity contribution in [2.45, 2.75) is 6.92 Å². The Balaban J connectivity index is 1.51. The van der Waals surface area contributed by atoms with E-state index in [0.29, 0.717) is 12.4 Å². The zero-order valence-corrected chi connectivity index (χ0v) is 14.5. The molecule has 0 radical (unpaired) electrons. The Morgan fingerprint density at radius 2 is 1.77 bits per heavy atom. The molecule has 0 heterocycles. The van der Waals surface area contributed by atoms with Gasteiger partial charge < -0.3 is 9.47 Å². The monoisotopic (exact) mass is 348 g/mol. The van der Waals surface area contributed by atoms with Gasteiger partial charge in [0.15, 0.2) is 6.61 Å². The van der Waals surface area contributed by atoms with Gasteiger partial charge >= 0.3 is 0 Å². The Hall–Kier alpha value is -3.34. The van der Waals surface area contributed by atoms with Crippen molar-refractivity contribution in [1.82, 2.24) is 5.43 Å². The van der Waals surface area contributed by atoms with E-state index < -0.39 is 0 Å². The molecule has 5 heteroatoms. The van der Waals surface area contributed by atoms with Crippen LogP contribution in [0.5, 0.6) is 11.5 Å². The lowest BCUT2D eigenvalue weighted by molar-refractivity contribution is -0.123. The molecule has 5 nitrogen and oxygen atoms in total. The summed E-state index contributed by atoms with van der Waals surface area (Å²) in [4.78, 5) is 11.9. The van der Waals surface area contributed by atoms with Crippen LogP contribution in [0.2, 0.25) is 0 Å². The predicted molar refractivity (Wildman–Crippen MR) is 103 cm³/mol. The number of ether oxygens (including phenoxy) is 2. The Morgan fingerprint density at radius 3 is 2.62 bits per heavy atom. The number of hydrogen-bond acceptors (Lipinski definition) is 4. The van der Waals surface area contributed by atoms with Crippen LogP contribution in [0.4, 0.5) is 0 Å². The number of benzene rings is 3. The van der Waals surface area contributed by atoms with Gasteiger partial charge in [-0.25, -0.2) is 5.43 Å². The number of rotatable bonds is 7. The van der Waals surface area contributed by atoms with Crippen LogP contribution in [-0.4, -0.2) is 25.3 Å². The summed E-state index contributed by atoms with van der Waals surface area (Å²) in [6, 6.07) is 21.2. The maximum atomic E-state index is 11.9. The van der Waals surface area contributed by atoms with Crippen LogP contribution in [0, 0.1) is 0 Å². The van der Waals surface area contributed by atoms with E-state index in [0.717, 1.165) is 22.1 Å². The highest BCUT2D eigenvalue weighted by atomic mass is 16.5. The largest absolute Gasteiger partial charge is 0.494 e. The summed E-state index contributed by atoms with van der Waals surface area (Å²) in [6.07, 6.45) is 1.57. The highest BCUT2D eigenvalue weighted by Crippen LogP contribution is 2.20. The van der Waals surface area contributed by atoms with Crippen LogP contribution in [-0.2, 0) is 4.79 Å². The molecule has 0 saturated carbocycles. The molecule has 0 atom stereocenters. The van der Waals surface area contributed by atoms with Gasteiger partial charge in [-0.1, -0.05) is 42.5 Å². The zero-order valence-electron chi connectivity index (χ0n) is 14.5. The normalized spacial score (nSPS) is 10.8. The first-order chi connectivity index (χ1) is 12.7. The van der Waals surface area contributed by atoms with E-state index in [1.807, 2.05) is 73.7 Å². The number of hydrazone groups is 1. The van der Waals surface area contributed by atoms with Gasteiger partial charge in [0.1, 0.15) is 11.5 Å². The summed E-state index contributed by atoms with van der Waals surface area (Å²) < 4.78 is 10.9. The molecule has 1 amide bonds. The van der Waals surface area contributed by atoms with Crippen molar-refractivity contribution in [3.05, 3.63) is 72.3 Å². The van der Waals surface area contributed by atoms with Crippen LogP contribution in [0.25, 0.3) is 10.8 Å². The smallest absolute Gasteiger partial charge is 0.277 e. The summed E-state index contributed by atoms with van der Waals surface area (Å²) in [5.41, 5.74) is 3.29. The SMILES string of the molecule is CCOc1cccc(C=NNC(=O)COc2ccc3ccccc3c2)c1. The highest BCUT2D eigenvalue weighted by molar-refractivity contribution is 5.85. The second-order valence-electron chi connectivity index (χ2n) is 5.60. The van der Waals surface area contributed by atoms with Gasteiger partial charge in [-0.15, -0.1) is 0 Å². The van der Waals surface area contributed by atoms with Gasteiger partial charge in [-0.05, 0) is 47.5 Å². The molecular weight excluding hydrogens is 328 g/mol. The second-order valence-corrected chi connectivity index (χ2v) is 5.60. The van der Waals surface area contributed by atoms with E-state index in [1.165, 1.54) is 0 Å². The molecule has 0 aromatic heterocycles. The maximum absolute atomic E-state index is 11.9. The fraction of sp³-hybridized carbons (Fsp3) is 0.143. The third-order valence-corrected chi connectivity index (χ3v) is 3.66. The van der Waals surface area contributed by atoms with Crippen LogP contribution >= 0.6 is 0 Å². The van der Waals surface area contributed by atoms with Crippen molar-refractivity contribution < 1.29 is 14.3 Å². The van der Waals surface area contributed by atoms with E-state index >= 15 is 0 Å². The van der Waals surface area contributed by atoms with Crippen molar-refractivity contribution in [1.29, 1.82) is 0 Å². The van der Waals surface area contributed by atoms with E-state index in [-0.39, 0.29) is 12.5 Å². The lowest BCUT2D eigenvalue weighted by Gasteiger charge is -2.06. The number of hydrogen-bond donors (Lipinski definition) is 1. The fourth-order valence-corrected chi connectivity index (χ4v) is 2.47.